The first-order chi connectivity index (χ1) is 14.4. The molecule has 29 heavy (non-hydrogen) atoms. The Bertz CT molecular complexity index is 785. The Kier molecular flexibility index (Phi) is 6.07. The summed E-state index contributed by atoms with van der Waals surface area (Å²) in [5.74, 6) is 1.08. The van der Waals surface area contributed by atoms with E-state index in [9.17, 15) is 0 Å². The second kappa shape index (κ2) is 9.07. The summed E-state index contributed by atoms with van der Waals surface area (Å²) in [6.07, 6.45) is 10.2. The lowest BCUT2D eigenvalue weighted by Gasteiger charge is -2.34. The summed E-state index contributed by atoms with van der Waals surface area (Å²) in [6, 6.07) is 9.53. The number of ether oxygens (including phenoxy) is 2. The molecule has 5 rings (SSSR count). The van der Waals surface area contributed by atoms with Gasteiger partial charge in [0.25, 0.3) is 0 Å². The molecule has 3 heterocycles. The Morgan fingerprint density at radius 3 is 2.34 bits per heavy atom. The smallest absolute Gasteiger partial charge is 0.129 e. The highest BCUT2D eigenvalue weighted by atomic mass is 16.5. The van der Waals surface area contributed by atoms with Crippen molar-refractivity contribution in [2.45, 2.75) is 50.7 Å². The van der Waals surface area contributed by atoms with E-state index in [1.165, 1.54) is 49.7 Å². The number of morpholine rings is 1. The van der Waals surface area contributed by atoms with Crippen molar-refractivity contribution in [2.24, 2.45) is 0 Å². The van der Waals surface area contributed by atoms with E-state index in [1.807, 2.05) is 0 Å². The highest BCUT2D eigenvalue weighted by Crippen LogP contribution is 2.36. The molecule has 2 aliphatic heterocycles. The molecule has 3 aliphatic rings. The van der Waals surface area contributed by atoms with E-state index in [0.29, 0.717) is 12.1 Å². The SMILES string of the molecule is c1cc(OC2CCN(CCN3CCOCC3)CC2)c2ccn(C3CCCC3)c2c1. The summed E-state index contributed by atoms with van der Waals surface area (Å²) >= 11 is 0. The van der Waals surface area contributed by atoms with Gasteiger partial charge >= 0.3 is 0 Å². The largest absolute Gasteiger partial charge is 0.490 e. The molecule has 1 aromatic carbocycles. The molecule has 1 aromatic heterocycles. The molecule has 0 spiro atoms. The topological polar surface area (TPSA) is 29.9 Å². The molecule has 5 heteroatoms. The van der Waals surface area contributed by atoms with Crippen LogP contribution in [0.25, 0.3) is 10.9 Å². The predicted molar refractivity (Wildman–Crippen MR) is 117 cm³/mol. The zero-order valence-corrected chi connectivity index (χ0v) is 17.6. The molecule has 2 saturated heterocycles. The fourth-order valence-corrected chi connectivity index (χ4v) is 5.30. The molecule has 0 bridgehead atoms. The van der Waals surface area contributed by atoms with Crippen molar-refractivity contribution in [3.05, 3.63) is 30.5 Å². The van der Waals surface area contributed by atoms with Crippen LogP contribution in [0.2, 0.25) is 0 Å². The van der Waals surface area contributed by atoms with Gasteiger partial charge in [-0.15, -0.1) is 0 Å². The second-order valence-corrected chi connectivity index (χ2v) is 8.96. The van der Waals surface area contributed by atoms with Gasteiger partial charge in [0.05, 0.1) is 18.7 Å². The molecule has 0 radical (unpaired) electrons. The van der Waals surface area contributed by atoms with E-state index in [0.717, 1.165) is 58.0 Å². The van der Waals surface area contributed by atoms with Gasteiger partial charge in [-0.1, -0.05) is 18.9 Å². The van der Waals surface area contributed by atoms with Crippen LogP contribution in [0.1, 0.15) is 44.6 Å². The summed E-state index contributed by atoms with van der Waals surface area (Å²) in [5.41, 5.74) is 1.34. The van der Waals surface area contributed by atoms with Gasteiger partial charge < -0.3 is 18.9 Å². The lowest BCUT2D eigenvalue weighted by Crippen LogP contribution is -2.44. The molecule has 5 nitrogen and oxygen atoms in total. The first-order valence-electron chi connectivity index (χ1n) is 11.7. The first kappa shape index (κ1) is 19.4. The van der Waals surface area contributed by atoms with Crippen LogP contribution in [0.4, 0.5) is 0 Å². The van der Waals surface area contributed by atoms with E-state index in [1.54, 1.807) is 0 Å². The standard InChI is InChI=1S/C24H35N3O2/c1-2-5-20(4-1)27-13-10-22-23(27)6-3-7-24(22)29-21-8-11-25(12-9-21)14-15-26-16-18-28-19-17-26/h3,6-7,10,13,20-21H,1-2,4-5,8-9,11-12,14-19H2. The molecule has 0 atom stereocenters. The molecular formula is C24H35N3O2. The van der Waals surface area contributed by atoms with Crippen molar-refractivity contribution in [3.8, 4) is 5.75 Å². The average molecular weight is 398 g/mol. The third kappa shape index (κ3) is 4.47. The molecule has 158 valence electrons. The minimum Gasteiger partial charge on any atom is -0.490 e. The molecule has 1 aliphatic carbocycles. The van der Waals surface area contributed by atoms with Crippen LogP contribution in [0.15, 0.2) is 30.5 Å². The summed E-state index contributed by atoms with van der Waals surface area (Å²) in [5, 5.41) is 1.29. The zero-order valence-electron chi connectivity index (χ0n) is 17.6. The number of aromatic nitrogens is 1. The Morgan fingerprint density at radius 1 is 0.862 bits per heavy atom. The van der Waals surface area contributed by atoms with Crippen LogP contribution in [-0.2, 0) is 4.74 Å². The van der Waals surface area contributed by atoms with Crippen LogP contribution >= 0.6 is 0 Å². The van der Waals surface area contributed by atoms with Gasteiger partial charge in [-0.25, -0.2) is 0 Å². The maximum absolute atomic E-state index is 6.52. The van der Waals surface area contributed by atoms with Gasteiger partial charge in [0.1, 0.15) is 11.9 Å². The van der Waals surface area contributed by atoms with Crippen molar-refractivity contribution in [2.75, 3.05) is 52.5 Å². The number of likely N-dealkylation sites (tertiary alicyclic amines) is 1. The number of piperidine rings is 1. The Labute approximate surface area is 174 Å². The molecule has 2 aromatic rings. The third-order valence-electron chi connectivity index (χ3n) is 7.11. The predicted octanol–water partition coefficient (Wildman–Crippen LogP) is 3.93. The quantitative estimate of drug-likeness (QED) is 0.739. The van der Waals surface area contributed by atoms with Gasteiger partial charge in [-0.3, -0.25) is 4.90 Å². The fraction of sp³-hybridized carbons (Fsp3) is 0.667. The summed E-state index contributed by atoms with van der Waals surface area (Å²) in [4.78, 5) is 5.13. The molecule has 0 unspecified atom stereocenters. The van der Waals surface area contributed by atoms with Crippen LogP contribution in [0.5, 0.6) is 5.75 Å². The minimum atomic E-state index is 0.343. The average Bonchev–Trinajstić information content (AvgIpc) is 3.44. The van der Waals surface area contributed by atoms with E-state index in [-0.39, 0.29) is 0 Å². The molecule has 1 saturated carbocycles. The summed E-state index contributed by atoms with van der Waals surface area (Å²) in [6.45, 7) is 8.60. The molecule has 0 N–H and O–H groups in total. The van der Waals surface area contributed by atoms with Gasteiger partial charge in [0, 0.05) is 56.9 Å². The number of benzene rings is 1. The van der Waals surface area contributed by atoms with Gasteiger partial charge in [-0.05, 0) is 43.9 Å². The number of fused-ring (bicyclic) bond motifs is 1. The Morgan fingerprint density at radius 2 is 1.59 bits per heavy atom. The fourth-order valence-electron chi connectivity index (χ4n) is 5.30. The Balaban J connectivity index is 1.16. The van der Waals surface area contributed by atoms with Gasteiger partial charge in [-0.2, -0.15) is 0 Å². The maximum Gasteiger partial charge on any atom is 0.129 e. The highest BCUT2D eigenvalue weighted by molar-refractivity contribution is 5.86. The summed E-state index contributed by atoms with van der Waals surface area (Å²) < 4.78 is 14.5. The lowest BCUT2D eigenvalue weighted by atomic mass is 10.1. The molecular weight excluding hydrogens is 362 g/mol. The van der Waals surface area contributed by atoms with Crippen LogP contribution in [-0.4, -0.2) is 73.0 Å². The van der Waals surface area contributed by atoms with Gasteiger partial charge in [0.15, 0.2) is 0 Å². The van der Waals surface area contributed by atoms with Gasteiger partial charge in [0.2, 0.25) is 0 Å². The van der Waals surface area contributed by atoms with E-state index < -0.39 is 0 Å². The first-order valence-corrected chi connectivity index (χ1v) is 11.7. The monoisotopic (exact) mass is 397 g/mol. The van der Waals surface area contributed by atoms with E-state index in [4.69, 9.17) is 9.47 Å². The van der Waals surface area contributed by atoms with Crippen molar-refractivity contribution in [1.29, 1.82) is 0 Å². The lowest BCUT2D eigenvalue weighted by molar-refractivity contribution is 0.0290. The maximum atomic E-state index is 6.52. The number of hydrogen-bond donors (Lipinski definition) is 0. The number of rotatable bonds is 6. The van der Waals surface area contributed by atoms with Crippen molar-refractivity contribution < 1.29 is 9.47 Å². The zero-order chi connectivity index (χ0) is 19.5. The van der Waals surface area contributed by atoms with Crippen molar-refractivity contribution in [3.63, 3.8) is 0 Å². The van der Waals surface area contributed by atoms with Crippen LogP contribution in [0.3, 0.4) is 0 Å². The minimum absolute atomic E-state index is 0.343. The molecule has 0 amide bonds. The van der Waals surface area contributed by atoms with Crippen molar-refractivity contribution in [1.82, 2.24) is 14.4 Å². The van der Waals surface area contributed by atoms with E-state index in [2.05, 4.69) is 44.8 Å². The van der Waals surface area contributed by atoms with Crippen LogP contribution in [0, 0.1) is 0 Å². The summed E-state index contributed by atoms with van der Waals surface area (Å²) in [7, 11) is 0. The van der Waals surface area contributed by atoms with Crippen LogP contribution < -0.4 is 4.74 Å². The number of hydrogen-bond acceptors (Lipinski definition) is 4. The normalized spacial score (nSPS) is 23.2. The van der Waals surface area contributed by atoms with Crippen molar-refractivity contribution >= 4 is 10.9 Å². The second-order valence-electron chi connectivity index (χ2n) is 8.96. The molecule has 3 fully saturated rings. The van der Waals surface area contributed by atoms with E-state index >= 15 is 0 Å². The Hall–Kier alpha value is -1.56. The number of nitrogens with zero attached hydrogens (tertiary/aromatic N) is 3. The third-order valence-corrected chi connectivity index (χ3v) is 7.11. The highest BCUT2D eigenvalue weighted by Gasteiger charge is 2.23.